The SMILES string of the molecule is Cc1c[nH]c2c(C(N)=O)cc(-c3csc(C=O)c3)cc12. The summed E-state index contributed by atoms with van der Waals surface area (Å²) in [6.45, 7) is 1.97. The van der Waals surface area contributed by atoms with Crippen LogP contribution in [0.4, 0.5) is 0 Å². The van der Waals surface area contributed by atoms with Crippen molar-refractivity contribution in [2.45, 2.75) is 6.92 Å². The van der Waals surface area contributed by atoms with Crippen molar-refractivity contribution in [3.05, 3.63) is 45.8 Å². The molecule has 1 amide bonds. The number of carbonyl (C=O) groups is 2. The highest BCUT2D eigenvalue weighted by Crippen LogP contribution is 2.31. The molecule has 20 heavy (non-hydrogen) atoms. The van der Waals surface area contributed by atoms with Crippen molar-refractivity contribution >= 4 is 34.4 Å². The fourth-order valence-corrected chi connectivity index (χ4v) is 3.01. The zero-order valence-electron chi connectivity index (χ0n) is 10.8. The van der Waals surface area contributed by atoms with Crippen LogP contribution in [0.25, 0.3) is 22.0 Å². The molecular formula is C15H12N2O2S. The monoisotopic (exact) mass is 284 g/mol. The molecule has 2 heterocycles. The lowest BCUT2D eigenvalue weighted by atomic mass is 10.0. The highest BCUT2D eigenvalue weighted by atomic mass is 32.1. The fourth-order valence-electron chi connectivity index (χ4n) is 2.29. The van der Waals surface area contributed by atoms with Gasteiger partial charge >= 0.3 is 0 Å². The van der Waals surface area contributed by atoms with E-state index < -0.39 is 5.91 Å². The molecular weight excluding hydrogens is 272 g/mol. The molecule has 0 atom stereocenters. The number of aromatic nitrogens is 1. The first-order valence-corrected chi connectivity index (χ1v) is 6.93. The number of benzene rings is 1. The Balaban J connectivity index is 2.28. The normalized spacial score (nSPS) is 10.8. The van der Waals surface area contributed by atoms with Crippen molar-refractivity contribution < 1.29 is 9.59 Å². The number of hydrogen-bond acceptors (Lipinski definition) is 3. The molecule has 4 nitrogen and oxygen atoms in total. The quantitative estimate of drug-likeness (QED) is 0.725. The van der Waals surface area contributed by atoms with Crippen LogP contribution in [0, 0.1) is 6.92 Å². The molecule has 3 N–H and O–H groups in total. The van der Waals surface area contributed by atoms with E-state index in [-0.39, 0.29) is 0 Å². The van der Waals surface area contributed by atoms with Crippen molar-refractivity contribution in [1.29, 1.82) is 0 Å². The zero-order chi connectivity index (χ0) is 14.3. The van der Waals surface area contributed by atoms with Gasteiger partial charge in [0.2, 0.25) is 0 Å². The fraction of sp³-hybridized carbons (Fsp3) is 0.0667. The van der Waals surface area contributed by atoms with Crippen LogP contribution in [-0.2, 0) is 0 Å². The van der Waals surface area contributed by atoms with E-state index in [0.29, 0.717) is 10.4 Å². The molecule has 0 spiro atoms. The summed E-state index contributed by atoms with van der Waals surface area (Å²) in [6, 6.07) is 5.58. The summed E-state index contributed by atoms with van der Waals surface area (Å²) in [7, 11) is 0. The van der Waals surface area contributed by atoms with E-state index in [4.69, 9.17) is 5.73 Å². The number of amides is 1. The van der Waals surface area contributed by atoms with E-state index in [1.165, 1.54) is 11.3 Å². The van der Waals surface area contributed by atoms with Crippen LogP contribution < -0.4 is 5.73 Å². The van der Waals surface area contributed by atoms with Gasteiger partial charge in [-0.1, -0.05) is 0 Å². The maximum absolute atomic E-state index is 11.6. The topological polar surface area (TPSA) is 76.0 Å². The number of rotatable bonds is 3. The summed E-state index contributed by atoms with van der Waals surface area (Å²) in [5.41, 5.74) is 9.53. The first-order chi connectivity index (χ1) is 9.60. The molecule has 2 aromatic heterocycles. The molecule has 0 unspecified atom stereocenters. The third-order valence-corrected chi connectivity index (χ3v) is 4.19. The number of aryl methyl sites for hydroxylation is 1. The lowest BCUT2D eigenvalue weighted by Crippen LogP contribution is -2.11. The Hall–Kier alpha value is -2.40. The van der Waals surface area contributed by atoms with Crippen LogP contribution in [-0.4, -0.2) is 17.2 Å². The number of nitrogens with two attached hydrogens (primary N) is 1. The number of aromatic amines is 1. The van der Waals surface area contributed by atoms with Gasteiger partial charge < -0.3 is 10.7 Å². The van der Waals surface area contributed by atoms with Crippen molar-refractivity contribution in [1.82, 2.24) is 4.98 Å². The van der Waals surface area contributed by atoms with E-state index in [9.17, 15) is 9.59 Å². The van der Waals surface area contributed by atoms with Gasteiger partial charge in [-0.25, -0.2) is 0 Å². The average molecular weight is 284 g/mol. The van der Waals surface area contributed by atoms with Gasteiger partial charge in [0.15, 0.2) is 6.29 Å². The second-order valence-corrected chi connectivity index (χ2v) is 5.58. The summed E-state index contributed by atoms with van der Waals surface area (Å²) < 4.78 is 0. The number of H-pyrrole nitrogens is 1. The van der Waals surface area contributed by atoms with Crippen LogP contribution >= 0.6 is 11.3 Å². The van der Waals surface area contributed by atoms with Crippen LogP contribution in [0.1, 0.15) is 25.6 Å². The predicted molar refractivity (Wildman–Crippen MR) is 80.3 cm³/mol. The lowest BCUT2D eigenvalue weighted by molar-refractivity contribution is 0.100. The summed E-state index contributed by atoms with van der Waals surface area (Å²) in [5.74, 6) is -0.468. The summed E-state index contributed by atoms with van der Waals surface area (Å²) in [4.78, 5) is 26.1. The van der Waals surface area contributed by atoms with E-state index in [1.54, 1.807) is 6.07 Å². The minimum atomic E-state index is -0.468. The Bertz CT molecular complexity index is 830. The number of aldehydes is 1. The van der Waals surface area contributed by atoms with Gasteiger partial charge in [0.1, 0.15) is 0 Å². The first-order valence-electron chi connectivity index (χ1n) is 6.06. The Morgan fingerprint density at radius 3 is 2.75 bits per heavy atom. The molecule has 0 aliphatic heterocycles. The second kappa shape index (κ2) is 4.61. The third kappa shape index (κ3) is 1.92. The molecule has 100 valence electrons. The summed E-state index contributed by atoms with van der Waals surface area (Å²) in [6.07, 6.45) is 2.68. The smallest absolute Gasteiger partial charge is 0.250 e. The van der Waals surface area contributed by atoms with E-state index in [2.05, 4.69) is 4.98 Å². The second-order valence-electron chi connectivity index (χ2n) is 4.64. The number of nitrogens with one attached hydrogen (secondary N) is 1. The predicted octanol–water partition coefficient (Wildman–Crippen LogP) is 3.12. The Kier molecular flexibility index (Phi) is 2.91. The van der Waals surface area contributed by atoms with Gasteiger partial charge in [-0.15, -0.1) is 11.3 Å². The average Bonchev–Trinajstić information content (AvgIpc) is 3.05. The van der Waals surface area contributed by atoms with E-state index >= 15 is 0 Å². The number of primary amides is 1. The molecule has 0 saturated heterocycles. The van der Waals surface area contributed by atoms with Crippen molar-refractivity contribution in [2.24, 2.45) is 5.73 Å². The van der Waals surface area contributed by atoms with Crippen LogP contribution in [0.5, 0.6) is 0 Å². The first kappa shape index (κ1) is 12.6. The molecule has 0 bridgehead atoms. The van der Waals surface area contributed by atoms with Gasteiger partial charge in [0.25, 0.3) is 5.91 Å². The Morgan fingerprint density at radius 2 is 2.10 bits per heavy atom. The largest absolute Gasteiger partial charge is 0.366 e. The maximum atomic E-state index is 11.6. The van der Waals surface area contributed by atoms with Crippen molar-refractivity contribution in [3.8, 4) is 11.1 Å². The molecule has 1 aromatic carbocycles. The molecule has 3 rings (SSSR count). The maximum Gasteiger partial charge on any atom is 0.250 e. The number of hydrogen-bond donors (Lipinski definition) is 2. The molecule has 0 aliphatic rings. The summed E-state index contributed by atoms with van der Waals surface area (Å²) in [5, 5.41) is 2.87. The zero-order valence-corrected chi connectivity index (χ0v) is 11.6. The Labute approximate surface area is 119 Å². The van der Waals surface area contributed by atoms with Crippen molar-refractivity contribution in [3.63, 3.8) is 0 Å². The molecule has 0 fully saturated rings. The molecule has 5 heteroatoms. The van der Waals surface area contributed by atoms with Gasteiger partial charge in [-0.2, -0.15) is 0 Å². The Morgan fingerprint density at radius 1 is 1.30 bits per heavy atom. The van der Waals surface area contributed by atoms with E-state index in [0.717, 1.165) is 33.9 Å². The van der Waals surface area contributed by atoms with Crippen LogP contribution in [0.15, 0.2) is 29.8 Å². The molecule has 0 radical (unpaired) electrons. The van der Waals surface area contributed by atoms with Gasteiger partial charge in [0.05, 0.1) is 16.0 Å². The highest BCUT2D eigenvalue weighted by molar-refractivity contribution is 7.12. The van der Waals surface area contributed by atoms with E-state index in [1.807, 2.05) is 30.6 Å². The van der Waals surface area contributed by atoms with Crippen LogP contribution in [0.3, 0.4) is 0 Å². The number of fused-ring (bicyclic) bond motifs is 1. The van der Waals surface area contributed by atoms with Crippen LogP contribution in [0.2, 0.25) is 0 Å². The van der Waals surface area contributed by atoms with Gasteiger partial charge in [0, 0.05) is 11.6 Å². The lowest BCUT2D eigenvalue weighted by Gasteiger charge is -2.04. The highest BCUT2D eigenvalue weighted by Gasteiger charge is 2.13. The minimum absolute atomic E-state index is 0.462. The standard InChI is InChI=1S/C15H12N2O2S/c1-8-5-17-14-12(8)3-9(4-13(14)15(16)19)10-2-11(6-18)20-7-10/h2-7,17H,1H3,(H2,16,19). The summed E-state index contributed by atoms with van der Waals surface area (Å²) >= 11 is 1.38. The number of thiophene rings is 1. The van der Waals surface area contributed by atoms with Gasteiger partial charge in [-0.3, -0.25) is 9.59 Å². The van der Waals surface area contributed by atoms with Crippen molar-refractivity contribution in [2.75, 3.05) is 0 Å². The molecule has 0 saturated carbocycles. The molecule has 3 aromatic rings. The number of carbonyl (C=O) groups excluding carboxylic acids is 2. The third-order valence-electron chi connectivity index (χ3n) is 3.33. The molecule has 0 aliphatic carbocycles. The minimum Gasteiger partial charge on any atom is -0.366 e. The van der Waals surface area contributed by atoms with Gasteiger partial charge in [-0.05, 0) is 47.2 Å².